The van der Waals surface area contributed by atoms with Gasteiger partial charge in [0, 0.05) is 34.9 Å². The third-order valence-electron chi connectivity index (χ3n) is 4.77. The Morgan fingerprint density at radius 1 is 1.06 bits per heavy atom. The molecule has 2 aromatic heterocycles. The second-order valence-electron chi connectivity index (χ2n) is 7.77. The first-order valence-corrected chi connectivity index (χ1v) is 13.4. The van der Waals surface area contributed by atoms with Gasteiger partial charge in [0.05, 0.1) is 10.5 Å². The van der Waals surface area contributed by atoms with Crippen LogP contribution in [-0.4, -0.2) is 35.0 Å². The molecule has 0 bridgehead atoms. The number of sulfonamides is 1. The van der Waals surface area contributed by atoms with Crippen LogP contribution in [0.25, 0.3) is 0 Å². The summed E-state index contributed by atoms with van der Waals surface area (Å²) in [6.07, 6.45) is 2.00. The van der Waals surface area contributed by atoms with E-state index in [0.29, 0.717) is 33.4 Å². The maximum atomic E-state index is 12.6. The Balaban J connectivity index is 1.56. The quantitative estimate of drug-likeness (QED) is 0.386. The smallest absolute Gasteiger partial charge is 0.264 e. The molecule has 11 heteroatoms. The molecular formula is C24H26N6O3S2. The van der Waals surface area contributed by atoms with Crippen molar-refractivity contribution in [3.63, 3.8) is 0 Å². The van der Waals surface area contributed by atoms with Crippen LogP contribution in [0.2, 0.25) is 0 Å². The van der Waals surface area contributed by atoms with E-state index in [-0.39, 0.29) is 23.2 Å². The van der Waals surface area contributed by atoms with E-state index in [0.717, 1.165) is 18.5 Å². The number of nitrogens with one attached hydrogen (secondary N) is 2. The zero-order valence-electron chi connectivity index (χ0n) is 19.7. The molecule has 0 aliphatic rings. The lowest BCUT2D eigenvalue weighted by atomic mass is 10.2. The Morgan fingerprint density at radius 2 is 1.74 bits per heavy atom. The SMILES string of the molecule is CCCc1ccc(C#N)c(SCCC(=O)Nc2ccc(S(=O)(=O)Nc3nc(C)cc(C)n3)cc2)n1. The lowest BCUT2D eigenvalue weighted by molar-refractivity contribution is -0.115. The summed E-state index contributed by atoms with van der Waals surface area (Å²) in [5.41, 5.74) is 3.20. The second-order valence-corrected chi connectivity index (χ2v) is 10.5. The van der Waals surface area contributed by atoms with Crippen LogP contribution in [0, 0.1) is 25.2 Å². The maximum absolute atomic E-state index is 12.6. The molecule has 2 heterocycles. The summed E-state index contributed by atoms with van der Waals surface area (Å²) < 4.78 is 27.7. The molecule has 0 spiro atoms. The maximum Gasteiger partial charge on any atom is 0.264 e. The van der Waals surface area contributed by atoms with E-state index >= 15 is 0 Å². The van der Waals surface area contributed by atoms with Gasteiger partial charge in [0.15, 0.2) is 0 Å². The second kappa shape index (κ2) is 11.8. The minimum absolute atomic E-state index is 0.00616. The third kappa shape index (κ3) is 7.50. The van der Waals surface area contributed by atoms with Crippen LogP contribution in [0.4, 0.5) is 11.6 Å². The van der Waals surface area contributed by atoms with Crippen LogP contribution in [0.5, 0.6) is 0 Å². The number of carbonyl (C=O) groups is 1. The number of benzene rings is 1. The van der Waals surface area contributed by atoms with E-state index in [2.05, 4.69) is 38.0 Å². The van der Waals surface area contributed by atoms with E-state index in [1.165, 1.54) is 36.0 Å². The van der Waals surface area contributed by atoms with E-state index in [1.54, 1.807) is 26.0 Å². The molecule has 0 saturated heterocycles. The van der Waals surface area contributed by atoms with Gasteiger partial charge in [-0.2, -0.15) is 5.26 Å². The highest BCUT2D eigenvalue weighted by atomic mass is 32.2. The van der Waals surface area contributed by atoms with Crippen LogP contribution in [-0.2, 0) is 21.2 Å². The van der Waals surface area contributed by atoms with Crippen LogP contribution < -0.4 is 10.0 Å². The highest BCUT2D eigenvalue weighted by molar-refractivity contribution is 7.99. The number of nitriles is 1. The molecule has 0 saturated carbocycles. The number of carbonyl (C=O) groups excluding carboxylic acids is 1. The predicted molar refractivity (Wildman–Crippen MR) is 136 cm³/mol. The molecule has 2 N–H and O–H groups in total. The lowest BCUT2D eigenvalue weighted by Gasteiger charge is -2.10. The number of aryl methyl sites for hydroxylation is 3. The Labute approximate surface area is 209 Å². The summed E-state index contributed by atoms with van der Waals surface area (Å²) in [6, 6.07) is 13.3. The molecule has 182 valence electrons. The minimum atomic E-state index is -3.88. The van der Waals surface area contributed by atoms with Crippen molar-refractivity contribution in [2.45, 2.75) is 50.0 Å². The molecule has 1 aromatic carbocycles. The molecule has 0 aliphatic carbocycles. The van der Waals surface area contributed by atoms with Crippen molar-refractivity contribution in [2.75, 3.05) is 15.8 Å². The largest absolute Gasteiger partial charge is 0.326 e. The van der Waals surface area contributed by atoms with Crippen molar-refractivity contribution in [3.05, 3.63) is 65.1 Å². The van der Waals surface area contributed by atoms with E-state index in [9.17, 15) is 18.5 Å². The van der Waals surface area contributed by atoms with Crippen molar-refractivity contribution < 1.29 is 13.2 Å². The molecule has 1 amide bonds. The summed E-state index contributed by atoms with van der Waals surface area (Å²) in [5.74, 6) is 0.236. The highest BCUT2D eigenvalue weighted by Crippen LogP contribution is 2.22. The molecule has 0 fully saturated rings. The third-order valence-corrected chi connectivity index (χ3v) is 7.11. The van der Waals surface area contributed by atoms with Gasteiger partial charge in [0.25, 0.3) is 10.0 Å². The number of pyridine rings is 1. The van der Waals surface area contributed by atoms with Gasteiger partial charge in [-0.15, -0.1) is 11.8 Å². The molecule has 9 nitrogen and oxygen atoms in total. The zero-order chi connectivity index (χ0) is 25.4. The van der Waals surface area contributed by atoms with Gasteiger partial charge in [-0.25, -0.2) is 28.1 Å². The fourth-order valence-corrected chi connectivity index (χ4v) is 5.08. The number of aromatic nitrogens is 3. The molecule has 0 atom stereocenters. The summed E-state index contributed by atoms with van der Waals surface area (Å²) in [4.78, 5) is 25.1. The van der Waals surface area contributed by atoms with Crippen LogP contribution in [0.3, 0.4) is 0 Å². The topological polar surface area (TPSA) is 138 Å². The van der Waals surface area contributed by atoms with Gasteiger partial charge >= 0.3 is 0 Å². The van der Waals surface area contributed by atoms with Gasteiger partial charge in [0.1, 0.15) is 11.1 Å². The van der Waals surface area contributed by atoms with E-state index < -0.39 is 10.0 Å². The predicted octanol–water partition coefficient (Wildman–Crippen LogP) is 4.23. The van der Waals surface area contributed by atoms with Crippen LogP contribution in [0.1, 0.15) is 42.4 Å². The first-order chi connectivity index (χ1) is 16.7. The zero-order valence-corrected chi connectivity index (χ0v) is 21.3. The Hall–Kier alpha value is -3.49. The molecular weight excluding hydrogens is 484 g/mol. The van der Waals surface area contributed by atoms with Crippen molar-refractivity contribution in [1.29, 1.82) is 5.26 Å². The highest BCUT2D eigenvalue weighted by Gasteiger charge is 2.16. The molecule has 0 aliphatic heterocycles. The number of thioether (sulfide) groups is 1. The fourth-order valence-electron chi connectivity index (χ4n) is 3.20. The normalized spacial score (nSPS) is 11.0. The summed E-state index contributed by atoms with van der Waals surface area (Å²) in [7, 11) is -3.88. The van der Waals surface area contributed by atoms with Crippen molar-refractivity contribution >= 4 is 39.3 Å². The molecule has 35 heavy (non-hydrogen) atoms. The van der Waals surface area contributed by atoms with Crippen LogP contribution >= 0.6 is 11.8 Å². The number of hydrogen-bond donors (Lipinski definition) is 2. The van der Waals surface area contributed by atoms with Gasteiger partial charge in [-0.3, -0.25) is 4.79 Å². The van der Waals surface area contributed by atoms with Crippen LogP contribution in [0.15, 0.2) is 52.4 Å². The average molecular weight is 511 g/mol. The van der Waals surface area contributed by atoms with E-state index in [4.69, 9.17) is 0 Å². The van der Waals surface area contributed by atoms with Crippen molar-refractivity contribution in [3.8, 4) is 6.07 Å². The molecule has 0 unspecified atom stereocenters. The Bertz CT molecular complexity index is 1330. The molecule has 0 radical (unpaired) electrons. The standard InChI is InChI=1S/C24H26N6O3S2/c1-4-5-19-7-6-18(15-25)23(29-19)34-13-12-22(31)28-20-8-10-21(11-9-20)35(32,33)30-24-26-16(2)14-17(3)27-24/h6-11,14H,4-5,12-13H2,1-3H3,(H,28,31)(H,26,27,30). The minimum Gasteiger partial charge on any atom is -0.326 e. The number of hydrogen-bond acceptors (Lipinski definition) is 8. The van der Waals surface area contributed by atoms with Crippen molar-refractivity contribution in [1.82, 2.24) is 15.0 Å². The van der Waals surface area contributed by atoms with Gasteiger partial charge in [0.2, 0.25) is 11.9 Å². The average Bonchev–Trinajstić information content (AvgIpc) is 2.79. The van der Waals surface area contributed by atoms with E-state index in [1.807, 2.05) is 6.07 Å². The number of anilines is 2. The van der Waals surface area contributed by atoms with Crippen molar-refractivity contribution in [2.24, 2.45) is 0 Å². The molecule has 3 aromatic rings. The number of nitrogens with zero attached hydrogens (tertiary/aromatic N) is 4. The Morgan fingerprint density at radius 3 is 2.37 bits per heavy atom. The first-order valence-electron chi connectivity index (χ1n) is 11.0. The Kier molecular flexibility index (Phi) is 8.78. The first kappa shape index (κ1) is 26.1. The number of rotatable bonds is 10. The number of amides is 1. The van der Waals surface area contributed by atoms with Gasteiger partial charge in [-0.05, 0) is 62.7 Å². The lowest BCUT2D eigenvalue weighted by Crippen LogP contribution is -2.16. The van der Waals surface area contributed by atoms with Gasteiger partial charge in [-0.1, -0.05) is 13.3 Å². The summed E-state index contributed by atoms with van der Waals surface area (Å²) >= 11 is 1.37. The molecule has 3 rings (SSSR count). The van der Waals surface area contributed by atoms with Gasteiger partial charge < -0.3 is 5.32 Å². The summed E-state index contributed by atoms with van der Waals surface area (Å²) in [6.45, 7) is 5.57. The fraction of sp³-hybridized carbons (Fsp3) is 0.292. The summed E-state index contributed by atoms with van der Waals surface area (Å²) in [5, 5.41) is 12.7. The monoisotopic (exact) mass is 510 g/mol.